The highest BCUT2D eigenvalue weighted by molar-refractivity contribution is 9.10. The minimum absolute atomic E-state index is 0.0193. The Balaban J connectivity index is 3.03. The molecule has 0 aliphatic heterocycles. The van der Waals surface area contributed by atoms with Crippen LogP contribution in [0, 0.1) is 6.92 Å². The molecular formula is C9H12BrNO2. The van der Waals surface area contributed by atoms with Gasteiger partial charge >= 0.3 is 0 Å². The number of rotatable bonds is 3. The molecule has 0 bridgehead atoms. The molecule has 3 nitrogen and oxygen atoms in total. The maximum atomic E-state index is 11.4. The monoisotopic (exact) mass is 245 g/mol. The van der Waals surface area contributed by atoms with Gasteiger partial charge < -0.3 is 9.67 Å². The number of hydrogen-bond donors (Lipinski definition) is 1. The number of hydrogen-bond acceptors (Lipinski definition) is 2. The molecule has 0 aliphatic carbocycles. The summed E-state index contributed by atoms with van der Waals surface area (Å²) in [5, 5.41) is 8.65. The summed E-state index contributed by atoms with van der Waals surface area (Å²) in [4.78, 5) is 11.4. The van der Waals surface area contributed by atoms with Gasteiger partial charge in [0.2, 0.25) is 0 Å². The van der Waals surface area contributed by atoms with Gasteiger partial charge in [-0.25, -0.2) is 0 Å². The second-order valence-electron chi connectivity index (χ2n) is 2.83. The van der Waals surface area contributed by atoms with Gasteiger partial charge in [0.15, 0.2) is 0 Å². The molecule has 0 saturated carbocycles. The van der Waals surface area contributed by atoms with E-state index >= 15 is 0 Å². The fourth-order valence-electron chi connectivity index (χ4n) is 1.16. The van der Waals surface area contributed by atoms with Crippen LogP contribution in [0.3, 0.4) is 0 Å². The summed E-state index contributed by atoms with van der Waals surface area (Å²) in [6, 6.07) is 3.27. The lowest BCUT2D eigenvalue weighted by Gasteiger charge is -2.09. The van der Waals surface area contributed by atoms with Crippen molar-refractivity contribution in [2.45, 2.75) is 19.9 Å². The molecular weight excluding hydrogens is 234 g/mol. The third-order valence-corrected chi connectivity index (χ3v) is 2.77. The molecule has 1 rings (SSSR count). The van der Waals surface area contributed by atoms with E-state index < -0.39 is 0 Å². The number of aliphatic hydroxyl groups is 1. The second kappa shape index (κ2) is 4.58. The van der Waals surface area contributed by atoms with E-state index in [2.05, 4.69) is 15.9 Å². The van der Waals surface area contributed by atoms with Gasteiger partial charge in [0.05, 0.1) is 0 Å². The zero-order chi connectivity index (χ0) is 9.84. The Morgan fingerprint density at radius 3 is 2.85 bits per heavy atom. The molecule has 1 aromatic heterocycles. The number of halogens is 1. The molecule has 4 heteroatoms. The van der Waals surface area contributed by atoms with E-state index in [1.807, 2.05) is 6.92 Å². The largest absolute Gasteiger partial charge is 0.396 e. The van der Waals surface area contributed by atoms with E-state index in [4.69, 9.17) is 5.11 Å². The van der Waals surface area contributed by atoms with Crippen LogP contribution in [-0.4, -0.2) is 16.3 Å². The number of aromatic nitrogens is 1. The van der Waals surface area contributed by atoms with Crippen LogP contribution in [0.1, 0.15) is 12.1 Å². The van der Waals surface area contributed by atoms with E-state index in [9.17, 15) is 4.79 Å². The highest BCUT2D eigenvalue weighted by atomic mass is 79.9. The summed E-state index contributed by atoms with van der Waals surface area (Å²) in [6.07, 6.45) is 0.608. The van der Waals surface area contributed by atoms with Crippen molar-refractivity contribution in [2.24, 2.45) is 0 Å². The van der Waals surface area contributed by atoms with E-state index in [1.165, 1.54) is 6.07 Å². The van der Waals surface area contributed by atoms with Crippen molar-refractivity contribution in [2.75, 3.05) is 6.61 Å². The van der Waals surface area contributed by atoms with E-state index in [0.717, 1.165) is 10.2 Å². The molecule has 0 aromatic carbocycles. The first-order chi connectivity index (χ1) is 6.16. The van der Waals surface area contributed by atoms with Gasteiger partial charge in [-0.2, -0.15) is 0 Å². The molecule has 0 aliphatic rings. The highest BCUT2D eigenvalue weighted by Crippen LogP contribution is 2.12. The smallest absolute Gasteiger partial charge is 0.250 e. The average molecular weight is 246 g/mol. The van der Waals surface area contributed by atoms with Gasteiger partial charge in [-0.1, -0.05) is 0 Å². The van der Waals surface area contributed by atoms with Crippen molar-refractivity contribution in [3.63, 3.8) is 0 Å². The molecule has 1 N–H and O–H groups in total. The van der Waals surface area contributed by atoms with E-state index in [0.29, 0.717) is 13.0 Å². The molecule has 0 atom stereocenters. The van der Waals surface area contributed by atoms with Crippen LogP contribution in [0.25, 0.3) is 0 Å². The first-order valence-electron chi connectivity index (χ1n) is 4.13. The quantitative estimate of drug-likeness (QED) is 0.873. The van der Waals surface area contributed by atoms with Gasteiger partial charge in [-0.05, 0) is 35.3 Å². The number of aliphatic hydroxyl groups excluding tert-OH is 1. The highest BCUT2D eigenvalue weighted by Gasteiger charge is 2.02. The third kappa shape index (κ3) is 2.42. The predicted molar refractivity (Wildman–Crippen MR) is 54.8 cm³/mol. The predicted octanol–water partition coefficient (Wildman–Crippen LogP) is 1.30. The van der Waals surface area contributed by atoms with Gasteiger partial charge in [0.1, 0.15) is 0 Å². The molecule has 1 heterocycles. The van der Waals surface area contributed by atoms with Gasteiger partial charge in [-0.15, -0.1) is 0 Å². The maximum Gasteiger partial charge on any atom is 0.250 e. The third-order valence-electron chi connectivity index (χ3n) is 1.93. The van der Waals surface area contributed by atoms with Gasteiger partial charge in [0.25, 0.3) is 5.56 Å². The van der Waals surface area contributed by atoms with Crippen LogP contribution in [0.4, 0.5) is 0 Å². The Morgan fingerprint density at radius 1 is 1.54 bits per heavy atom. The summed E-state index contributed by atoms with van der Waals surface area (Å²) in [6.45, 7) is 2.56. The van der Waals surface area contributed by atoms with Crippen molar-refractivity contribution >= 4 is 15.9 Å². The zero-order valence-corrected chi connectivity index (χ0v) is 9.04. The lowest BCUT2D eigenvalue weighted by atomic mass is 10.3. The van der Waals surface area contributed by atoms with Crippen LogP contribution < -0.4 is 5.56 Å². The molecule has 0 saturated heterocycles. The Bertz CT molecular complexity index is 346. The van der Waals surface area contributed by atoms with Crippen molar-refractivity contribution in [1.82, 2.24) is 4.57 Å². The van der Waals surface area contributed by atoms with Gasteiger partial charge in [0, 0.05) is 29.4 Å². The van der Waals surface area contributed by atoms with Crippen molar-refractivity contribution < 1.29 is 5.11 Å². The molecule has 0 radical (unpaired) electrons. The van der Waals surface area contributed by atoms with Crippen molar-refractivity contribution in [3.05, 3.63) is 32.7 Å². The van der Waals surface area contributed by atoms with Gasteiger partial charge in [-0.3, -0.25) is 4.79 Å². The summed E-state index contributed by atoms with van der Waals surface area (Å²) in [7, 11) is 0. The number of nitrogens with zero attached hydrogens (tertiary/aromatic N) is 1. The van der Waals surface area contributed by atoms with Crippen LogP contribution in [0.15, 0.2) is 21.4 Å². The summed E-state index contributed by atoms with van der Waals surface area (Å²) >= 11 is 3.35. The fraction of sp³-hybridized carbons (Fsp3) is 0.444. The Hall–Kier alpha value is -0.610. The molecule has 13 heavy (non-hydrogen) atoms. The Kier molecular flexibility index (Phi) is 3.69. The van der Waals surface area contributed by atoms with Crippen LogP contribution in [0.2, 0.25) is 0 Å². The second-order valence-corrected chi connectivity index (χ2v) is 3.69. The van der Waals surface area contributed by atoms with Crippen molar-refractivity contribution in [3.8, 4) is 0 Å². The average Bonchev–Trinajstić information content (AvgIpc) is 2.12. The summed E-state index contributed by atoms with van der Waals surface area (Å²) in [5.74, 6) is 0. The van der Waals surface area contributed by atoms with E-state index in [1.54, 1.807) is 10.6 Å². The Labute approximate surface area is 85.1 Å². The number of pyridine rings is 1. The molecule has 0 unspecified atom stereocenters. The first-order valence-corrected chi connectivity index (χ1v) is 4.93. The Morgan fingerprint density at radius 2 is 2.23 bits per heavy atom. The standard InChI is InChI=1S/C9H12BrNO2/c1-7-8(10)3-4-9(13)11(7)5-2-6-12/h3-4,12H,2,5-6H2,1H3. The summed E-state index contributed by atoms with van der Waals surface area (Å²) in [5.41, 5.74) is 0.884. The topological polar surface area (TPSA) is 42.2 Å². The molecule has 72 valence electrons. The molecule has 1 aromatic rings. The lowest BCUT2D eigenvalue weighted by molar-refractivity contribution is 0.278. The fourth-order valence-corrected chi connectivity index (χ4v) is 1.50. The lowest BCUT2D eigenvalue weighted by Crippen LogP contribution is -2.22. The summed E-state index contributed by atoms with van der Waals surface area (Å²) < 4.78 is 2.57. The maximum absolute atomic E-state index is 11.4. The molecule has 0 spiro atoms. The van der Waals surface area contributed by atoms with Crippen molar-refractivity contribution in [1.29, 1.82) is 0 Å². The first kappa shape index (κ1) is 10.5. The van der Waals surface area contributed by atoms with E-state index in [-0.39, 0.29) is 12.2 Å². The normalized spacial score (nSPS) is 10.4. The minimum Gasteiger partial charge on any atom is -0.396 e. The zero-order valence-electron chi connectivity index (χ0n) is 7.46. The van der Waals surface area contributed by atoms with Crippen LogP contribution in [-0.2, 0) is 6.54 Å². The SMILES string of the molecule is Cc1c(Br)ccc(=O)n1CCCO. The van der Waals surface area contributed by atoms with Crippen LogP contribution >= 0.6 is 15.9 Å². The molecule has 0 fully saturated rings. The molecule has 0 amide bonds. The minimum atomic E-state index is -0.0193. The van der Waals surface area contributed by atoms with Crippen LogP contribution in [0.5, 0.6) is 0 Å².